The van der Waals surface area contributed by atoms with Gasteiger partial charge in [0.15, 0.2) is 0 Å². The molecule has 4 N–H and O–H groups in total. The molecular weight excluding hydrogens is 645 g/mol. The van der Waals surface area contributed by atoms with E-state index in [0.29, 0.717) is 50.0 Å². The molecule has 47 heavy (non-hydrogen) atoms. The molecule has 0 bridgehead atoms. The number of carbonyl (C=O) groups is 1. The number of rotatable bonds is 8. The molecule has 0 unspecified atom stereocenters. The van der Waals surface area contributed by atoms with Crippen LogP contribution in [0.4, 0.5) is 21.9 Å². The highest BCUT2D eigenvalue weighted by Crippen LogP contribution is 2.42. The molecule has 0 aliphatic carbocycles. The lowest BCUT2D eigenvalue weighted by Gasteiger charge is -2.24. The van der Waals surface area contributed by atoms with E-state index in [4.69, 9.17) is 9.47 Å². The van der Waals surface area contributed by atoms with Gasteiger partial charge in [-0.25, -0.2) is 4.79 Å². The SMILES string of the molecule is C=c1ccc2c(c1)Oc1cc(Nc3c(C)c(NC(=O)OCC(C)C)c(C)c(S(=O)(=O)O)c3C)ccc1C=2c1ccccc1S(=O)(=O)O. The van der Waals surface area contributed by atoms with Crippen LogP contribution in [-0.2, 0) is 25.0 Å². The van der Waals surface area contributed by atoms with E-state index in [2.05, 4.69) is 17.2 Å². The van der Waals surface area contributed by atoms with E-state index in [-0.39, 0.29) is 44.7 Å². The Kier molecular flexibility index (Phi) is 8.95. The second-order valence-corrected chi connectivity index (χ2v) is 14.4. The molecule has 0 aromatic heterocycles. The van der Waals surface area contributed by atoms with Gasteiger partial charge in [-0.3, -0.25) is 14.4 Å². The van der Waals surface area contributed by atoms with Crippen LogP contribution in [0, 0.1) is 26.7 Å². The van der Waals surface area contributed by atoms with Gasteiger partial charge in [-0.05, 0) is 72.9 Å². The average molecular weight is 679 g/mol. The Morgan fingerprint density at radius 2 is 1.53 bits per heavy atom. The fourth-order valence-electron chi connectivity index (χ4n) is 5.68. The maximum Gasteiger partial charge on any atom is 0.411 e. The lowest BCUT2D eigenvalue weighted by Crippen LogP contribution is -2.21. The molecule has 1 aliphatic heterocycles. The molecule has 13 heteroatoms. The molecule has 0 saturated heterocycles. The summed E-state index contributed by atoms with van der Waals surface area (Å²) in [4.78, 5) is 12.0. The van der Waals surface area contributed by atoms with Crippen molar-refractivity contribution in [2.45, 2.75) is 44.4 Å². The first-order valence-corrected chi connectivity index (χ1v) is 17.4. The maximum atomic E-state index is 12.6. The summed E-state index contributed by atoms with van der Waals surface area (Å²) >= 11 is 0. The van der Waals surface area contributed by atoms with Gasteiger partial charge in [0.1, 0.15) is 21.3 Å². The van der Waals surface area contributed by atoms with Crippen molar-refractivity contribution in [3.05, 3.63) is 98.9 Å². The van der Waals surface area contributed by atoms with Crippen LogP contribution in [0.5, 0.6) is 11.5 Å². The predicted molar refractivity (Wildman–Crippen MR) is 179 cm³/mol. The minimum absolute atomic E-state index is 0.0734. The highest BCUT2D eigenvalue weighted by atomic mass is 32.2. The minimum atomic E-state index is -4.72. The monoisotopic (exact) mass is 678 g/mol. The normalized spacial score (nSPS) is 12.6. The van der Waals surface area contributed by atoms with Crippen LogP contribution < -0.4 is 25.8 Å². The lowest BCUT2D eigenvalue weighted by molar-refractivity contribution is 0.147. The van der Waals surface area contributed by atoms with Crippen molar-refractivity contribution in [1.82, 2.24) is 0 Å². The number of hydrogen-bond acceptors (Lipinski definition) is 8. The first kappa shape index (κ1) is 33.7. The number of carbonyl (C=O) groups excluding carboxylic acids is 1. The fourth-order valence-corrected chi connectivity index (χ4v) is 7.36. The zero-order valence-corrected chi connectivity index (χ0v) is 28.0. The van der Waals surface area contributed by atoms with Crippen molar-refractivity contribution >= 4 is 55.5 Å². The van der Waals surface area contributed by atoms with E-state index in [1.54, 1.807) is 55.5 Å². The topological polar surface area (TPSA) is 168 Å². The number of anilines is 3. The number of benzene rings is 4. The molecule has 5 rings (SSSR count). The average Bonchev–Trinajstić information content (AvgIpc) is 2.98. The van der Waals surface area contributed by atoms with Crippen LogP contribution in [0.15, 0.2) is 70.5 Å². The van der Waals surface area contributed by atoms with Gasteiger partial charge in [-0.15, -0.1) is 0 Å². The molecule has 0 atom stereocenters. The molecule has 0 fully saturated rings. The van der Waals surface area contributed by atoms with E-state index in [9.17, 15) is 30.7 Å². The van der Waals surface area contributed by atoms with Crippen molar-refractivity contribution in [3.63, 3.8) is 0 Å². The number of fused-ring (bicyclic) bond motifs is 2. The van der Waals surface area contributed by atoms with Crippen molar-refractivity contribution in [2.24, 2.45) is 5.92 Å². The third kappa shape index (κ3) is 6.74. The Morgan fingerprint density at radius 3 is 2.19 bits per heavy atom. The minimum Gasteiger partial charge on any atom is -0.456 e. The standard InChI is InChI=1S/C34H34N2O9S2/c1-18(2)17-44-34(37)36-32-20(4)31(21(5)33(22(32)6)47(41,42)43)35-23-12-14-25-28(16-23)45-27-15-19(3)11-13-24(27)30(25)26-9-7-8-10-29(26)46(38,39)40/h7-16,18,35H,3,17H2,1-2,4-6H3,(H,36,37)(H,38,39,40)(H,41,42,43). The smallest absolute Gasteiger partial charge is 0.411 e. The van der Waals surface area contributed by atoms with Gasteiger partial charge < -0.3 is 14.8 Å². The van der Waals surface area contributed by atoms with E-state index in [1.807, 2.05) is 13.8 Å². The highest BCUT2D eigenvalue weighted by Gasteiger charge is 2.28. The van der Waals surface area contributed by atoms with Crippen LogP contribution in [0.3, 0.4) is 0 Å². The van der Waals surface area contributed by atoms with Crippen LogP contribution >= 0.6 is 0 Å². The Labute approximate surface area is 273 Å². The Hall–Kier alpha value is -4.69. The molecule has 0 radical (unpaired) electrons. The van der Waals surface area contributed by atoms with Crippen LogP contribution in [0.2, 0.25) is 0 Å². The highest BCUT2D eigenvalue weighted by molar-refractivity contribution is 7.86. The summed E-state index contributed by atoms with van der Waals surface area (Å²) in [7, 11) is -9.31. The van der Waals surface area contributed by atoms with Gasteiger partial charge in [0.05, 0.1) is 12.3 Å². The van der Waals surface area contributed by atoms with Gasteiger partial charge >= 0.3 is 6.09 Å². The van der Waals surface area contributed by atoms with Crippen LogP contribution in [-0.4, -0.2) is 38.6 Å². The molecule has 1 amide bonds. The molecule has 4 aromatic carbocycles. The number of ether oxygens (including phenoxy) is 2. The molecule has 11 nitrogen and oxygen atoms in total. The summed E-state index contributed by atoms with van der Waals surface area (Å²) in [6.45, 7) is 12.6. The molecular formula is C34H34N2O9S2. The summed E-state index contributed by atoms with van der Waals surface area (Å²) in [6.07, 6.45) is -0.778. The lowest BCUT2D eigenvalue weighted by atomic mass is 9.92. The first-order chi connectivity index (χ1) is 22.0. The van der Waals surface area contributed by atoms with Gasteiger partial charge in [-0.1, -0.05) is 50.8 Å². The summed E-state index contributed by atoms with van der Waals surface area (Å²) in [5.74, 6) is 0.815. The summed E-state index contributed by atoms with van der Waals surface area (Å²) < 4.78 is 81.6. The first-order valence-electron chi connectivity index (χ1n) is 14.5. The number of hydrogen-bond donors (Lipinski definition) is 4. The predicted octanol–water partition coefficient (Wildman–Crippen LogP) is 5.82. The second kappa shape index (κ2) is 12.5. The third-order valence-corrected chi connectivity index (χ3v) is 9.74. The van der Waals surface area contributed by atoms with Gasteiger partial charge in [0.25, 0.3) is 20.2 Å². The Balaban J connectivity index is 1.66. The summed E-state index contributed by atoms with van der Waals surface area (Å²) in [6, 6.07) is 16.4. The quantitative estimate of drug-likeness (QED) is 0.147. The largest absolute Gasteiger partial charge is 0.456 e. The third-order valence-electron chi connectivity index (χ3n) is 7.70. The zero-order chi connectivity index (χ0) is 34.4. The summed E-state index contributed by atoms with van der Waals surface area (Å²) in [5, 5.41) is 7.08. The number of amides is 1. The maximum absolute atomic E-state index is 12.6. The van der Waals surface area contributed by atoms with Crippen LogP contribution in [0.25, 0.3) is 12.2 Å². The summed E-state index contributed by atoms with van der Waals surface area (Å²) in [5.41, 5.74) is 3.04. The van der Waals surface area contributed by atoms with E-state index in [0.717, 1.165) is 0 Å². The molecule has 1 aliphatic rings. The second-order valence-electron chi connectivity index (χ2n) is 11.7. The van der Waals surface area contributed by atoms with Gasteiger partial charge in [0, 0.05) is 39.4 Å². The van der Waals surface area contributed by atoms with E-state index < -0.39 is 26.3 Å². The molecule has 246 valence electrons. The molecule has 4 aromatic rings. The Morgan fingerprint density at radius 1 is 0.851 bits per heavy atom. The van der Waals surface area contributed by atoms with Crippen molar-refractivity contribution < 1.29 is 40.2 Å². The van der Waals surface area contributed by atoms with Crippen LogP contribution in [0.1, 0.15) is 41.7 Å². The molecule has 0 saturated carbocycles. The van der Waals surface area contributed by atoms with E-state index in [1.165, 1.54) is 26.0 Å². The van der Waals surface area contributed by atoms with Gasteiger partial charge in [0.2, 0.25) is 0 Å². The van der Waals surface area contributed by atoms with Crippen molar-refractivity contribution in [3.8, 4) is 11.5 Å². The number of nitrogens with one attached hydrogen (secondary N) is 2. The molecule has 0 spiro atoms. The zero-order valence-electron chi connectivity index (χ0n) is 26.3. The van der Waals surface area contributed by atoms with E-state index >= 15 is 0 Å². The Bertz CT molecular complexity index is 2280. The fraction of sp³-hybridized carbons (Fsp3) is 0.206. The van der Waals surface area contributed by atoms with Gasteiger partial charge in [-0.2, -0.15) is 16.8 Å². The molecule has 1 heterocycles. The van der Waals surface area contributed by atoms with Crippen molar-refractivity contribution in [2.75, 3.05) is 17.2 Å². The van der Waals surface area contributed by atoms with Crippen molar-refractivity contribution in [1.29, 1.82) is 0 Å².